The first-order valence-corrected chi connectivity index (χ1v) is 6.02. The topological polar surface area (TPSA) is 56.2 Å². The fraction of sp³-hybridized carbons (Fsp3) is 0.500. The number of halogens is 3. The lowest BCUT2D eigenvalue weighted by molar-refractivity contribution is -0.137. The van der Waals surface area contributed by atoms with E-state index >= 15 is 0 Å². The van der Waals surface area contributed by atoms with Gasteiger partial charge in [0.15, 0.2) is 5.65 Å². The smallest absolute Gasteiger partial charge is 0.330 e. The van der Waals surface area contributed by atoms with Gasteiger partial charge in [-0.25, -0.2) is 0 Å². The van der Waals surface area contributed by atoms with Crippen LogP contribution in [0.1, 0.15) is 24.7 Å². The fourth-order valence-electron chi connectivity index (χ4n) is 1.77. The molecule has 1 atom stereocenters. The number of aromatic nitrogens is 3. The minimum absolute atomic E-state index is 0.304. The number of aryl methyl sites for hydroxylation is 1. The van der Waals surface area contributed by atoms with E-state index in [1.807, 2.05) is 6.92 Å². The zero-order valence-corrected chi connectivity index (χ0v) is 10.5. The number of nitrogens with two attached hydrogens (primary N) is 1. The quantitative estimate of drug-likeness (QED) is 0.929. The molecule has 0 aliphatic heterocycles. The minimum Gasteiger partial charge on any atom is -0.330 e. The molecule has 2 heterocycles. The number of hydrogen-bond acceptors (Lipinski definition) is 3. The summed E-state index contributed by atoms with van der Waals surface area (Å²) in [5.74, 6) is 0.833. The van der Waals surface area contributed by atoms with Crippen LogP contribution in [0.25, 0.3) is 5.65 Å². The number of rotatable bonds is 4. The van der Waals surface area contributed by atoms with Crippen molar-refractivity contribution in [3.8, 4) is 0 Å². The molecule has 0 fully saturated rings. The average molecular weight is 272 g/mol. The summed E-state index contributed by atoms with van der Waals surface area (Å²) in [6, 6.07) is 2.34. The number of pyridine rings is 1. The Morgan fingerprint density at radius 2 is 2.05 bits per heavy atom. The van der Waals surface area contributed by atoms with Gasteiger partial charge in [0.2, 0.25) is 0 Å². The van der Waals surface area contributed by atoms with Crippen LogP contribution in [-0.4, -0.2) is 21.1 Å². The molecule has 0 radical (unpaired) electrons. The molecule has 104 valence electrons. The molecule has 0 spiro atoms. The van der Waals surface area contributed by atoms with Gasteiger partial charge in [-0.2, -0.15) is 13.2 Å². The molecule has 0 saturated carbocycles. The molecule has 1 unspecified atom stereocenters. The predicted octanol–water partition coefficient (Wildman–Crippen LogP) is 2.28. The van der Waals surface area contributed by atoms with Gasteiger partial charge in [0, 0.05) is 12.6 Å². The zero-order valence-electron chi connectivity index (χ0n) is 10.5. The molecule has 4 nitrogen and oxygen atoms in total. The van der Waals surface area contributed by atoms with Crippen LogP contribution in [0.3, 0.4) is 0 Å². The van der Waals surface area contributed by atoms with Crippen molar-refractivity contribution < 1.29 is 13.2 Å². The molecular formula is C12H15F3N4. The number of nitrogens with zero attached hydrogens (tertiary/aromatic N) is 3. The lowest BCUT2D eigenvalue weighted by Gasteiger charge is -2.09. The third-order valence-electron chi connectivity index (χ3n) is 3.06. The van der Waals surface area contributed by atoms with Crippen molar-refractivity contribution in [1.82, 2.24) is 14.6 Å². The molecule has 0 amide bonds. The summed E-state index contributed by atoms with van der Waals surface area (Å²) in [4.78, 5) is 0. The monoisotopic (exact) mass is 272 g/mol. The van der Waals surface area contributed by atoms with E-state index in [9.17, 15) is 13.2 Å². The van der Waals surface area contributed by atoms with Crippen molar-refractivity contribution in [3.05, 3.63) is 29.7 Å². The van der Waals surface area contributed by atoms with E-state index < -0.39 is 11.7 Å². The molecular weight excluding hydrogens is 257 g/mol. The van der Waals surface area contributed by atoms with Crippen molar-refractivity contribution >= 4 is 5.65 Å². The van der Waals surface area contributed by atoms with E-state index in [4.69, 9.17) is 5.73 Å². The molecule has 2 N–H and O–H groups in total. The van der Waals surface area contributed by atoms with Gasteiger partial charge < -0.3 is 5.73 Å². The summed E-state index contributed by atoms with van der Waals surface area (Å²) in [7, 11) is 0. The second kappa shape index (κ2) is 5.16. The lowest BCUT2D eigenvalue weighted by atomic mass is 10.1. The third kappa shape index (κ3) is 3.04. The molecule has 0 aliphatic rings. The van der Waals surface area contributed by atoms with Gasteiger partial charge in [-0.3, -0.25) is 4.40 Å². The SMILES string of the molecule is CC(CN)CCc1nnc2ccc(C(F)(F)F)cn12. The highest BCUT2D eigenvalue weighted by Crippen LogP contribution is 2.29. The molecule has 2 aromatic heterocycles. The molecule has 2 rings (SSSR count). The van der Waals surface area contributed by atoms with Gasteiger partial charge in [0.1, 0.15) is 5.82 Å². The standard InChI is InChI=1S/C12H15F3N4/c1-8(6-16)2-4-10-17-18-11-5-3-9(7-19(10)11)12(13,14)15/h3,5,7-8H,2,4,6,16H2,1H3. The Balaban J connectivity index is 2.30. The number of hydrogen-bond donors (Lipinski definition) is 1. The Morgan fingerprint density at radius 3 is 2.68 bits per heavy atom. The van der Waals surface area contributed by atoms with Gasteiger partial charge in [-0.1, -0.05) is 6.92 Å². The maximum Gasteiger partial charge on any atom is 0.417 e. The van der Waals surface area contributed by atoms with E-state index in [0.29, 0.717) is 30.4 Å². The van der Waals surface area contributed by atoms with Crippen LogP contribution in [0, 0.1) is 5.92 Å². The average Bonchev–Trinajstić information content (AvgIpc) is 2.77. The zero-order chi connectivity index (χ0) is 14.0. The van der Waals surface area contributed by atoms with Crippen LogP contribution in [0.15, 0.2) is 18.3 Å². The van der Waals surface area contributed by atoms with E-state index in [1.165, 1.54) is 10.5 Å². The van der Waals surface area contributed by atoms with Gasteiger partial charge in [-0.15, -0.1) is 10.2 Å². The molecule has 0 aliphatic carbocycles. The Hall–Kier alpha value is -1.63. The summed E-state index contributed by atoms with van der Waals surface area (Å²) in [5.41, 5.74) is 5.23. The van der Waals surface area contributed by atoms with Crippen molar-refractivity contribution in [2.45, 2.75) is 25.9 Å². The Labute approximate surface area is 108 Å². The van der Waals surface area contributed by atoms with Gasteiger partial charge in [-0.05, 0) is 31.0 Å². The predicted molar refractivity (Wildman–Crippen MR) is 64.5 cm³/mol. The Kier molecular flexibility index (Phi) is 3.75. The highest BCUT2D eigenvalue weighted by Gasteiger charge is 2.31. The van der Waals surface area contributed by atoms with E-state index in [-0.39, 0.29) is 0 Å². The van der Waals surface area contributed by atoms with E-state index in [2.05, 4.69) is 10.2 Å². The Morgan fingerprint density at radius 1 is 1.32 bits per heavy atom. The molecule has 19 heavy (non-hydrogen) atoms. The summed E-state index contributed by atoms with van der Waals surface area (Å²) in [6.07, 6.45) is -1.99. The van der Waals surface area contributed by atoms with Crippen molar-refractivity contribution in [1.29, 1.82) is 0 Å². The normalized spacial score (nSPS) is 13.9. The fourth-order valence-corrected chi connectivity index (χ4v) is 1.77. The lowest BCUT2D eigenvalue weighted by Crippen LogP contribution is -2.12. The van der Waals surface area contributed by atoms with Crippen LogP contribution in [0.5, 0.6) is 0 Å². The highest BCUT2D eigenvalue weighted by atomic mass is 19.4. The minimum atomic E-state index is -4.36. The van der Waals surface area contributed by atoms with Gasteiger partial charge >= 0.3 is 6.18 Å². The molecule has 2 aromatic rings. The van der Waals surface area contributed by atoms with E-state index in [1.54, 1.807) is 0 Å². The first-order valence-electron chi connectivity index (χ1n) is 6.02. The summed E-state index contributed by atoms with van der Waals surface area (Å²) in [6.45, 7) is 2.54. The summed E-state index contributed by atoms with van der Waals surface area (Å²) >= 11 is 0. The van der Waals surface area contributed by atoms with Crippen LogP contribution in [-0.2, 0) is 12.6 Å². The van der Waals surface area contributed by atoms with Crippen molar-refractivity contribution in [2.75, 3.05) is 6.54 Å². The highest BCUT2D eigenvalue weighted by molar-refractivity contribution is 5.40. The van der Waals surface area contributed by atoms with Crippen LogP contribution < -0.4 is 5.73 Å². The van der Waals surface area contributed by atoms with E-state index in [0.717, 1.165) is 18.7 Å². The van der Waals surface area contributed by atoms with Gasteiger partial charge in [0.25, 0.3) is 0 Å². The van der Waals surface area contributed by atoms with Crippen LogP contribution >= 0.6 is 0 Å². The summed E-state index contributed by atoms with van der Waals surface area (Å²) < 4.78 is 39.4. The number of alkyl halides is 3. The Bertz CT molecular complexity index is 562. The third-order valence-corrected chi connectivity index (χ3v) is 3.06. The van der Waals surface area contributed by atoms with Gasteiger partial charge in [0.05, 0.1) is 5.56 Å². The molecule has 0 aromatic carbocycles. The van der Waals surface area contributed by atoms with Crippen LogP contribution in [0.4, 0.5) is 13.2 Å². The second-order valence-electron chi connectivity index (χ2n) is 4.64. The largest absolute Gasteiger partial charge is 0.417 e. The first kappa shape index (κ1) is 13.8. The summed E-state index contributed by atoms with van der Waals surface area (Å²) in [5, 5.41) is 7.79. The maximum absolute atomic E-state index is 12.7. The van der Waals surface area contributed by atoms with Crippen molar-refractivity contribution in [2.24, 2.45) is 11.7 Å². The first-order chi connectivity index (χ1) is 8.91. The van der Waals surface area contributed by atoms with Crippen molar-refractivity contribution in [3.63, 3.8) is 0 Å². The van der Waals surface area contributed by atoms with Crippen LogP contribution in [0.2, 0.25) is 0 Å². The molecule has 7 heteroatoms. The molecule has 0 bridgehead atoms. The second-order valence-corrected chi connectivity index (χ2v) is 4.64. The molecule has 0 saturated heterocycles. The number of fused-ring (bicyclic) bond motifs is 1. The maximum atomic E-state index is 12.7.